The molecule has 1 heterocycles. The summed E-state index contributed by atoms with van der Waals surface area (Å²) in [7, 11) is 1.97. The molecule has 0 saturated carbocycles. The molecule has 0 unspecified atom stereocenters. The zero-order valence-electron chi connectivity index (χ0n) is 10.3. The first-order chi connectivity index (χ1) is 8.06. The number of aliphatic imine (C=N–C) groups is 1. The summed E-state index contributed by atoms with van der Waals surface area (Å²) in [5, 5.41) is 9.46. The van der Waals surface area contributed by atoms with Crippen LogP contribution in [0, 0.1) is 13.8 Å². The first-order valence-corrected chi connectivity index (χ1v) is 5.52. The molecular formula is C14H16N2O. The third kappa shape index (κ3) is 2.56. The lowest BCUT2D eigenvalue weighted by atomic mass is 10.0. The minimum Gasteiger partial charge on any atom is -0.508 e. The first-order valence-electron chi connectivity index (χ1n) is 5.52. The molecule has 1 N–H and O–H groups in total. The molecule has 0 saturated heterocycles. The molecule has 2 rings (SSSR count). The van der Waals surface area contributed by atoms with Crippen molar-refractivity contribution in [3.8, 4) is 5.75 Å². The number of aryl methyl sites for hydroxylation is 3. The Hall–Kier alpha value is -2.03. The maximum absolute atomic E-state index is 9.46. The quantitative estimate of drug-likeness (QED) is 0.788. The van der Waals surface area contributed by atoms with Crippen LogP contribution in [0.1, 0.15) is 16.7 Å². The summed E-state index contributed by atoms with van der Waals surface area (Å²) in [4.78, 5) is 4.42. The van der Waals surface area contributed by atoms with Gasteiger partial charge in [0.2, 0.25) is 0 Å². The lowest BCUT2D eigenvalue weighted by Gasteiger charge is -2.05. The molecule has 1 aromatic heterocycles. The third-order valence-electron chi connectivity index (χ3n) is 2.74. The molecule has 3 nitrogen and oxygen atoms in total. The number of phenols is 1. The molecule has 0 aliphatic carbocycles. The van der Waals surface area contributed by atoms with E-state index in [1.54, 1.807) is 12.1 Å². The lowest BCUT2D eigenvalue weighted by Crippen LogP contribution is -1.91. The van der Waals surface area contributed by atoms with E-state index in [0.717, 1.165) is 22.4 Å². The second kappa shape index (κ2) is 4.45. The summed E-state index contributed by atoms with van der Waals surface area (Å²) in [6, 6.07) is 5.46. The fraction of sp³-hybridized carbons (Fsp3) is 0.214. The molecule has 0 amide bonds. The van der Waals surface area contributed by atoms with Crippen LogP contribution in [0.3, 0.4) is 0 Å². The van der Waals surface area contributed by atoms with E-state index in [1.165, 1.54) is 0 Å². The Balaban J connectivity index is 2.33. The summed E-state index contributed by atoms with van der Waals surface area (Å²) in [5.74, 6) is 0.303. The van der Waals surface area contributed by atoms with E-state index in [2.05, 4.69) is 4.99 Å². The van der Waals surface area contributed by atoms with Gasteiger partial charge >= 0.3 is 0 Å². The fourth-order valence-corrected chi connectivity index (χ4v) is 1.86. The Morgan fingerprint density at radius 3 is 2.41 bits per heavy atom. The first kappa shape index (κ1) is 11.5. The van der Waals surface area contributed by atoms with Gasteiger partial charge < -0.3 is 9.67 Å². The Morgan fingerprint density at radius 2 is 1.88 bits per heavy atom. The van der Waals surface area contributed by atoms with Gasteiger partial charge in [-0.2, -0.15) is 0 Å². The highest BCUT2D eigenvalue weighted by Gasteiger charge is 2.02. The van der Waals surface area contributed by atoms with Crippen molar-refractivity contribution in [2.45, 2.75) is 13.8 Å². The maximum atomic E-state index is 9.46. The molecule has 88 valence electrons. The molecular weight excluding hydrogens is 212 g/mol. The van der Waals surface area contributed by atoms with E-state index >= 15 is 0 Å². The Kier molecular flexibility index (Phi) is 3.00. The largest absolute Gasteiger partial charge is 0.508 e. The number of hydrogen-bond acceptors (Lipinski definition) is 2. The highest BCUT2D eigenvalue weighted by molar-refractivity contribution is 5.86. The molecule has 3 heteroatoms. The Bertz CT molecular complexity index is 544. The minimum absolute atomic E-state index is 0.303. The summed E-state index contributed by atoms with van der Waals surface area (Å²) in [6.07, 6.45) is 5.77. The van der Waals surface area contributed by atoms with Gasteiger partial charge in [-0.05, 0) is 48.7 Å². The number of aromatic nitrogens is 1. The van der Waals surface area contributed by atoms with Crippen molar-refractivity contribution in [3.63, 3.8) is 0 Å². The van der Waals surface area contributed by atoms with Crippen LogP contribution >= 0.6 is 0 Å². The van der Waals surface area contributed by atoms with Crippen LogP contribution < -0.4 is 0 Å². The normalized spacial score (nSPS) is 11.2. The van der Waals surface area contributed by atoms with E-state index in [9.17, 15) is 5.11 Å². The molecule has 0 bridgehead atoms. The van der Waals surface area contributed by atoms with Crippen molar-refractivity contribution < 1.29 is 5.11 Å². The van der Waals surface area contributed by atoms with Crippen LogP contribution in [0.25, 0.3) is 0 Å². The number of aromatic hydroxyl groups is 1. The number of hydrogen-bond donors (Lipinski definition) is 1. The molecule has 2 aromatic rings. The smallest absolute Gasteiger partial charge is 0.116 e. The van der Waals surface area contributed by atoms with E-state index in [4.69, 9.17) is 0 Å². The average Bonchev–Trinajstić information content (AvgIpc) is 2.62. The van der Waals surface area contributed by atoms with Gasteiger partial charge in [-0.1, -0.05) is 0 Å². The topological polar surface area (TPSA) is 37.5 Å². The average molecular weight is 228 g/mol. The van der Waals surface area contributed by atoms with Crippen LogP contribution in [-0.2, 0) is 7.05 Å². The predicted octanol–water partition coefficient (Wildman–Crippen LogP) is 3.10. The van der Waals surface area contributed by atoms with Gasteiger partial charge in [0.05, 0.1) is 5.69 Å². The van der Waals surface area contributed by atoms with Crippen molar-refractivity contribution >= 4 is 11.9 Å². The monoisotopic (exact) mass is 228 g/mol. The molecule has 0 atom stereocenters. The van der Waals surface area contributed by atoms with Gasteiger partial charge in [-0.15, -0.1) is 0 Å². The zero-order valence-corrected chi connectivity index (χ0v) is 10.3. The highest BCUT2D eigenvalue weighted by Crippen LogP contribution is 2.20. The predicted molar refractivity (Wildman–Crippen MR) is 70.2 cm³/mol. The molecule has 1 aromatic carbocycles. The maximum Gasteiger partial charge on any atom is 0.116 e. The van der Waals surface area contributed by atoms with Crippen molar-refractivity contribution in [2.24, 2.45) is 12.0 Å². The lowest BCUT2D eigenvalue weighted by molar-refractivity contribution is 0.474. The Morgan fingerprint density at radius 1 is 1.24 bits per heavy atom. The Labute approximate surface area is 101 Å². The second-order valence-electron chi connectivity index (χ2n) is 4.29. The van der Waals surface area contributed by atoms with E-state index in [0.29, 0.717) is 5.75 Å². The SMILES string of the molecule is Cc1cc(O)cc(C)c1C=Nc1ccn(C)c1. The summed E-state index contributed by atoms with van der Waals surface area (Å²) in [5.41, 5.74) is 4.05. The van der Waals surface area contributed by atoms with Gasteiger partial charge in [0.25, 0.3) is 0 Å². The summed E-state index contributed by atoms with van der Waals surface area (Å²) < 4.78 is 1.96. The summed E-state index contributed by atoms with van der Waals surface area (Å²) >= 11 is 0. The van der Waals surface area contributed by atoms with Gasteiger partial charge in [0.15, 0.2) is 0 Å². The van der Waals surface area contributed by atoms with Crippen LogP contribution in [0.4, 0.5) is 5.69 Å². The van der Waals surface area contributed by atoms with E-state index in [-0.39, 0.29) is 0 Å². The zero-order chi connectivity index (χ0) is 12.4. The molecule has 0 aliphatic heterocycles. The molecule has 0 aliphatic rings. The van der Waals surface area contributed by atoms with E-state index < -0.39 is 0 Å². The van der Waals surface area contributed by atoms with Crippen LogP contribution in [-0.4, -0.2) is 15.9 Å². The number of nitrogens with zero attached hydrogens (tertiary/aromatic N) is 2. The molecule has 0 radical (unpaired) electrons. The van der Waals surface area contributed by atoms with Crippen LogP contribution in [0.2, 0.25) is 0 Å². The van der Waals surface area contributed by atoms with Crippen molar-refractivity contribution in [3.05, 3.63) is 47.3 Å². The minimum atomic E-state index is 0.303. The number of benzene rings is 1. The standard InChI is InChI=1S/C14H16N2O/c1-10-6-13(17)7-11(2)14(10)8-15-12-4-5-16(3)9-12/h4-9,17H,1-3H3. The molecule has 0 fully saturated rings. The van der Waals surface area contributed by atoms with Gasteiger partial charge in [0.1, 0.15) is 5.75 Å². The van der Waals surface area contributed by atoms with Gasteiger partial charge in [-0.3, -0.25) is 4.99 Å². The van der Waals surface area contributed by atoms with Gasteiger partial charge in [-0.25, -0.2) is 0 Å². The van der Waals surface area contributed by atoms with E-state index in [1.807, 2.05) is 50.1 Å². The van der Waals surface area contributed by atoms with Crippen LogP contribution in [0.5, 0.6) is 5.75 Å². The fourth-order valence-electron chi connectivity index (χ4n) is 1.86. The molecule has 17 heavy (non-hydrogen) atoms. The summed E-state index contributed by atoms with van der Waals surface area (Å²) in [6.45, 7) is 3.94. The van der Waals surface area contributed by atoms with Gasteiger partial charge in [0, 0.05) is 25.7 Å². The van der Waals surface area contributed by atoms with Crippen molar-refractivity contribution in [2.75, 3.05) is 0 Å². The molecule has 0 spiro atoms. The van der Waals surface area contributed by atoms with Crippen LogP contribution in [0.15, 0.2) is 35.6 Å². The van der Waals surface area contributed by atoms with Crippen molar-refractivity contribution in [1.82, 2.24) is 4.57 Å². The number of rotatable bonds is 2. The number of phenolic OH excluding ortho intramolecular Hbond substituents is 1. The van der Waals surface area contributed by atoms with Crippen molar-refractivity contribution in [1.29, 1.82) is 0 Å². The third-order valence-corrected chi connectivity index (χ3v) is 2.74. The highest BCUT2D eigenvalue weighted by atomic mass is 16.3. The second-order valence-corrected chi connectivity index (χ2v) is 4.29.